The van der Waals surface area contributed by atoms with Gasteiger partial charge in [-0.25, -0.2) is 4.79 Å². The minimum absolute atomic E-state index is 0.230. The van der Waals surface area contributed by atoms with E-state index in [-0.39, 0.29) is 5.56 Å². The van der Waals surface area contributed by atoms with Gasteiger partial charge >= 0.3 is 5.97 Å². The molecule has 0 aliphatic heterocycles. The number of aromatic carboxylic acids is 1. The van der Waals surface area contributed by atoms with Gasteiger partial charge < -0.3 is 10.0 Å². The highest BCUT2D eigenvalue weighted by atomic mass is 35.5. The molecular weight excluding hydrogens is 250 g/mol. The van der Waals surface area contributed by atoms with E-state index in [1.807, 2.05) is 7.05 Å². The van der Waals surface area contributed by atoms with E-state index in [2.05, 4.69) is 18.7 Å². The second kappa shape index (κ2) is 6.76. The second-order valence-electron chi connectivity index (χ2n) is 5.03. The molecule has 0 spiro atoms. The van der Waals surface area contributed by atoms with Crippen LogP contribution in [0.15, 0.2) is 18.2 Å². The van der Waals surface area contributed by atoms with Crippen LogP contribution in [0.5, 0.6) is 0 Å². The lowest BCUT2D eigenvalue weighted by molar-refractivity contribution is 0.0697. The van der Waals surface area contributed by atoms with Crippen LogP contribution in [0.4, 0.5) is 0 Å². The van der Waals surface area contributed by atoms with E-state index in [1.165, 1.54) is 6.07 Å². The fraction of sp³-hybridized carbons (Fsp3) is 0.500. The molecule has 0 amide bonds. The van der Waals surface area contributed by atoms with Crippen LogP contribution in [-0.2, 0) is 6.54 Å². The van der Waals surface area contributed by atoms with E-state index in [4.69, 9.17) is 16.7 Å². The number of benzene rings is 1. The molecule has 100 valence electrons. The highest BCUT2D eigenvalue weighted by Gasteiger charge is 2.09. The molecule has 0 aromatic heterocycles. The quantitative estimate of drug-likeness (QED) is 0.859. The van der Waals surface area contributed by atoms with Crippen molar-refractivity contribution in [1.29, 1.82) is 0 Å². The SMILES string of the molecule is CC(C)CCN(C)Cc1ccc(C(=O)O)cc1Cl. The number of hydrogen-bond acceptors (Lipinski definition) is 2. The number of carboxylic acids is 1. The van der Waals surface area contributed by atoms with Gasteiger partial charge in [0, 0.05) is 11.6 Å². The van der Waals surface area contributed by atoms with E-state index >= 15 is 0 Å². The van der Waals surface area contributed by atoms with Gasteiger partial charge in [0.15, 0.2) is 0 Å². The summed E-state index contributed by atoms with van der Waals surface area (Å²) in [6, 6.07) is 4.90. The van der Waals surface area contributed by atoms with Crippen molar-refractivity contribution in [2.75, 3.05) is 13.6 Å². The summed E-state index contributed by atoms with van der Waals surface area (Å²) in [5.74, 6) is -0.270. The molecule has 0 unspecified atom stereocenters. The van der Waals surface area contributed by atoms with Crippen molar-refractivity contribution >= 4 is 17.6 Å². The van der Waals surface area contributed by atoms with Crippen LogP contribution in [-0.4, -0.2) is 29.6 Å². The molecule has 0 atom stereocenters. The van der Waals surface area contributed by atoms with Crippen molar-refractivity contribution < 1.29 is 9.90 Å². The average Bonchev–Trinajstić information content (AvgIpc) is 2.29. The van der Waals surface area contributed by atoms with Crippen LogP contribution in [0.25, 0.3) is 0 Å². The Kier molecular flexibility index (Phi) is 5.63. The Bertz CT molecular complexity index is 418. The summed E-state index contributed by atoms with van der Waals surface area (Å²) in [7, 11) is 2.05. The van der Waals surface area contributed by atoms with Gasteiger partial charge in [-0.3, -0.25) is 0 Å². The minimum Gasteiger partial charge on any atom is -0.478 e. The predicted octanol–water partition coefficient (Wildman–Crippen LogP) is 3.52. The molecule has 0 radical (unpaired) electrons. The highest BCUT2D eigenvalue weighted by Crippen LogP contribution is 2.19. The van der Waals surface area contributed by atoms with Gasteiger partial charge in [-0.1, -0.05) is 31.5 Å². The first-order chi connectivity index (χ1) is 8.40. The zero-order chi connectivity index (χ0) is 13.7. The summed E-state index contributed by atoms with van der Waals surface area (Å²) in [4.78, 5) is 13.0. The fourth-order valence-electron chi connectivity index (χ4n) is 1.66. The van der Waals surface area contributed by atoms with Crippen LogP contribution < -0.4 is 0 Å². The standard InChI is InChI=1S/C14H20ClNO2/c1-10(2)6-7-16(3)9-12-5-4-11(14(17)18)8-13(12)15/h4-5,8,10H,6-7,9H2,1-3H3,(H,17,18). The van der Waals surface area contributed by atoms with E-state index < -0.39 is 5.97 Å². The molecule has 0 aliphatic rings. The van der Waals surface area contributed by atoms with E-state index in [0.29, 0.717) is 10.9 Å². The number of hydrogen-bond donors (Lipinski definition) is 1. The van der Waals surface area contributed by atoms with Gasteiger partial charge in [-0.15, -0.1) is 0 Å². The number of rotatable bonds is 6. The first kappa shape index (κ1) is 15.0. The Morgan fingerprint density at radius 3 is 2.61 bits per heavy atom. The van der Waals surface area contributed by atoms with Gasteiger partial charge in [0.05, 0.1) is 5.56 Å². The maximum atomic E-state index is 10.8. The van der Waals surface area contributed by atoms with Gasteiger partial charge in [-0.05, 0) is 43.6 Å². The second-order valence-corrected chi connectivity index (χ2v) is 5.44. The first-order valence-electron chi connectivity index (χ1n) is 6.10. The zero-order valence-corrected chi connectivity index (χ0v) is 11.9. The number of carbonyl (C=O) groups is 1. The van der Waals surface area contributed by atoms with Crippen molar-refractivity contribution in [2.24, 2.45) is 5.92 Å². The molecule has 1 aromatic rings. The van der Waals surface area contributed by atoms with Gasteiger partial charge in [-0.2, -0.15) is 0 Å². The summed E-state index contributed by atoms with van der Waals surface area (Å²) in [6.07, 6.45) is 1.14. The molecule has 0 bridgehead atoms. The number of nitrogens with zero attached hydrogens (tertiary/aromatic N) is 1. The van der Waals surface area contributed by atoms with Crippen molar-refractivity contribution in [1.82, 2.24) is 4.90 Å². The van der Waals surface area contributed by atoms with Gasteiger partial charge in [0.2, 0.25) is 0 Å². The highest BCUT2D eigenvalue weighted by molar-refractivity contribution is 6.31. The van der Waals surface area contributed by atoms with Gasteiger partial charge in [0.25, 0.3) is 0 Å². The molecule has 1 rings (SSSR count). The van der Waals surface area contributed by atoms with Crippen LogP contribution in [0.2, 0.25) is 5.02 Å². The Labute approximate surface area is 113 Å². The maximum Gasteiger partial charge on any atom is 0.335 e. The lowest BCUT2D eigenvalue weighted by Gasteiger charge is -2.18. The Morgan fingerprint density at radius 2 is 2.11 bits per heavy atom. The van der Waals surface area contributed by atoms with E-state index in [0.717, 1.165) is 25.1 Å². The molecule has 18 heavy (non-hydrogen) atoms. The first-order valence-corrected chi connectivity index (χ1v) is 6.48. The van der Waals surface area contributed by atoms with Crippen LogP contribution >= 0.6 is 11.6 Å². The summed E-state index contributed by atoms with van der Waals surface area (Å²) in [5, 5.41) is 9.38. The topological polar surface area (TPSA) is 40.5 Å². The third-order valence-corrected chi connectivity index (χ3v) is 3.18. The Balaban J connectivity index is 2.64. The monoisotopic (exact) mass is 269 g/mol. The Hall–Kier alpha value is -1.06. The van der Waals surface area contributed by atoms with E-state index in [9.17, 15) is 4.79 Å². The molecule has 0 fully saturated rings. The van der Waals surface area contributed by atoms with Crippen LogP contribution in [0.1, 0.15) is 36.2 Å². The number of carboxylic acid groups (broad SMARTS) is 1. The van der Waals surface area contributed by atoms with Crippen molar-refractivity contribution in [3.63, 3.8) is 0 Å². The lowest BCUT2D eigenvalue weighted by atomic mass is 10.1. The molecular formula is C14H20ClNO2. The molecule has 1 aromatic carbocycles. The lowest BCUT2D eigenvalue weighted by Crippen LogP contribution is -2.20. The largest absolute Gasteiger partial charge is 0.478 e. The predicted molar refractivity (Wildman–Crippen MR) is 74.2 cm³/mol. The summed E-state index contributed by atoms with van der Waals surface area (Å²) in [5.41, 5.74) is 1.20. The number of halogens is 1. The van der Waals surface area contributed by atoms with Crippen molar-refractivity contribution in [3.05, 3.63) is 34.3 Å². The summed E-state index contributed by atoms with van der Waals surface area (Å²) >= 11 is 6.09. The van der Waals surface area contributed by atoms with Crippen molar-refractivity contribution in [3.8, 4) is 0 Å². The van der Waals surface area contributed by atoms with Gasteiger partial charge in [0.1, 0.15) is 0 Å². The maximum absolute atomic E-state index is 10.8. The molecule has 0 saturated heterocycles. The van der Waals surface area contributed by atoms with E-state index in [1.54, 1.807) is 12.1 Å². The Morgan fingerprint density at radius 1 is 1.44 bits per heavy atom. The molecule has 1 N–H and O–H groups in total. The summed E-state index contributed by atoms with van der Waals surface area (Å²) < 4.78 is 0. The molecule has 0 heterocycles. The van der Waals surface area contributed by atoms with Crippen LogP contribution in [0.3, 0.4) is 0 Å². The molecule has 0 saturated carbocycles. The molecule has 4 heteroatoms. The van der Waals surface area contributed by atoms with Crippen LogP contribution in [0, 0.1) is 5.92 Å². The van der Waals surface area contributed by atoms with Crippen molar-refractivity contribution in [2.45, 2.75) is 26.8 Å². The normalized spacial score (nSPS) is 11.2. The fourth-order valence-corrected chi connectivity index (χ4v) is 1.90. The summed E-state index contributed by atoms with van der Waals surface area (Å²) in [6.45, 7) is 6.14. The third-order valence-electron chi connectivity index (χ3n) is 2.83. The zero-order valence-electron chi connectivity index (χ0n) is 11.1. The third kappa shape index (κ3) is 4.67. The molecule has 0 aliphatic carbocycles. The minimum atomic E-state index is -0.948. The average molecular weight is 270 g/mol. The molecule has 3 nitrogen and oxygen atoms in total. The smallest absolute Gasteiger partial charge is 0.335 e.